The van der Waals surface area contributed by atoms with Gasteiger partial charge in [0.2, 0.25) is 5.95 Å². The summed E-state index contributed by atoms with van der Waals surface area (Å²) < 4.78 is 13.7. The molecule has 0 unspecified atom stereocenters. The molecule has 2 rings (SSSR count). The van der Waals surface area contributed by atoms with E-state index in [0.29, 0.717) is 5.92 Å². The molecule has 0 fully saturated rings. The number of para-hydroxylation sites is 1. The fourth-order valence-corrected chi connectivity index (χ4v) is 1.93. The summed E-state index contributed by atoms with van der Waals surface area (Å²) in [7, 11) is 0. The summed E-state index contributed by atoms with van der Waals surface area (Å²) in [5.41, 5.74) is 8.50. The number of benzene rings is 1. The zero-order valence-corrected chi connectivity index (χ0v) is 11.2. The lowest BCUT2D eigenvalue weighted by Gasteiger charge is -2.17. The number of aromatic nitrogens is 2. The SMILES string of the molecule is Cc1cccc(C(C)C)c1Nc1nc(N)ncc1F. The van der Waals surface area contributed by atoms with Crippen molar-refractivity contribution in [2.24, 2.45) is 0 Å². The molecule has 19 heavy (non-hydrogen) atoms. The molecule has 0 atom stereocenters. The molecule has 2 aromatic rings. The molecule has 5 heteroatoms. The monoisotopic (exact) mass is 260 g/mol. The molecule has 0 spiro atoms. The smallest absolute Gasteiger partial charge is 0.222 e. The van der Waals surface area contributed by atoms with E-state index >= 15 is 0 Å². The number of anilines is 3. The predicted molar refractivity (Wildman–Crippen MR) is 75.0 cm³/mol. The fraction of sp³-hybridized carbons (Fsp3) is 0.286. The van der Waals surface area contributed by atoms with E-state index in [1.165, 1.54) is 0 Å². The number of aryl methyl sites for hydroxylation is 1. The van der Waals surface area contributed by atoms with Crippen molar-refractivity contribution in [3.05, 3.63) is 41.3 Å². The van der Waals surface area contributed by atoms with Gasteiger partial charge in [0.15, 0.2) is 11.6 Å². The van der Waals surface area contributed by atoms with Crippen molar-refractivity contribution in [1.29, 1.82) is 0 Å². The number of nitrogens with one attached hydrogen (secondary N) is 1. The van der Waals surface area contributed by atoms with Crippen LogP contribution >= 0.6 is 0 Å². The molecule has 0 bridgehead atoms. The Hall–Kier alpha value is -2.17. The standard InChI is InChI=1S/C14H17FN4/c1-8(2)10-6-4-5-9(3)12(10)18-13-11(15)7-17-14(16)19-13/h4-8H,1-3H3,(H3,16,17,18,19). The first kappa shape index (κ1) is 13.3. The van der Waals surface area contributed by atoms with Crippen LogP contribution in [-0.4, -0.2) is 9.97 Å². The van der Waals surface area contributed by atoms with Crippen LogP contribution in [0.2, 0.25) is 0 Å². The molecule has 1 aromatic carbocycles. The van der Waals surface area contributed by atoms with E-state index in [1.807, 2.05) is 25.1 Å². The molecule has 0 amide bonds. The van der Waals surface area contributed by atoms with Crippen molar-refractivity contribution in [3.8, 4) is 0 Å². The first-order valence-electron chi connectivity index (χ1n) is 6.13. The van der Waals surface area contributed by atoms with Crippen LogP contribution in [0.4, 0.5) is 21.8 Å². The van der Waals surface area contributed by atoms with E-state index in [1.54, 1.807) is 0 Å². The van der Waals surface area contributed by atoms with Crippen molar-refractivity contribution in [3.63, 3.8) is 0 Å². The lowest BCUT2D eigenvalue weighted by atomic mass is 9.98. The molecule has 1 heterocycles. The third-order valence-electron chi connectivity index (χ3n) is 2.93. The molecule has 100 valence electrons. The Labute approximate surface area is 111 Å². The van der Waals surface area contributed by atoms with Crippen molar-refractivity contribution in [2.75, 3.05) is 11.1 Å². The normalized spacial score (nSPS) is 10.8. The minimum absolute atomic E-state index is 0.0450. The number of halogens is 1. The van der Waals surface area contributed by atoms with Crippen LogP contribution in [0.25, 0.3) is 0 Å². The van der Waals surface area contributed by atoms with Gasteiger partial charge in [0, 0.05) is 5.69 Å². The highest BCUT2D eigenvalue weighted by atomic mass is 19.1. The second-order valence-electron chi connectivity index (χ2n) is 4.74. The zero-order chi connectivity index (χ0) is 14.0. The number of hydrogen-bond acceptors (Lipinski definition) is 4. The van der Waals surface area contributed by atoms with Crippen molar-refractivity contribution in [1.82, 2.24) is 9.97 Å². The van der Waals surface area contributed by atoms with Gasteiger partial charge in [-0.05, 0) is 24.0 Å². The summed E-state index contributed by atoms with van der Waals surface area (Å²) in [5.74, 6) is -0.0518. The van der Waals surface area contributed by atoms with E-state index in [2.05, 4.69) is 29.1 Å². The molecular weight excluding hydrogens is 243 g/mol. The van der Waals surface area contributed by atoms with E-state index < -0.39 is 5.82 Å². The Morgan fingerprint density at radius 3 is 2.74 bits per heavy atom. The second-order valence-corrected chi connectivity index (χ2v) is 4.74. The van der Waals surface area contributed by atoms with Gasteiger partial charge >= 0.3 is 0 Å². The lowest BCUT2D eigenvalue weighted by Crippen LogP contribution is -2.06. The molecule has 0 saturated heterocycles. The second kappa shape index (κ2) is 5.22. The first-order valence-corrected chi connectivity index (χ1v) is 6.13. The molecule has 1 aromatic heterocycles. The summed E-state index contributed by atoms with van der Waals surface area (Å²) >= 11 is 0. The molecule has 0 aliphatic heterocycles. The number of hydrogen-bond donors (Lipinski definition) is 2. The fourth-order valence-electron chi connectivity index (χ4n) is 1.93. The highest BCUT2D eigenvalue weighted by Crippen LogP contribution is 2.30. The van der Waals surface area contributed by atoms with Gasteiger partial charge in [0.25, 0.3) is 0 Å². The van der Waals surface area contributed by atoms with Gasteiger partial charge in [-0.1, -0.05) is 32.0 Å². The van der Waals surface area contributed by atoms with Gasteiger partial charge in [-0.3, -0.25) is 0 Å². The largest absolute Gasteiger partial charge is 0.368 e. The maximum Gasteiger partial charge on any atom is 0.222 e. The Bertz CT molecular complexity index is 596. The van der Waals surface area contributed by atoms with Gasteiger partial charge in [0.05, 0.1) is 6.20 Å². The third-order valence-corrected chi connectivity index (χ3v) is 2.93. The van der Waals surface area contributed by atoms with Crippen LogP contribution in [0.1, 0.15) is 30.9 Å². The van der Waals surface area contributed by atoms with Gasteiger partial charge < -0.3 is 11.1 Å². The van der Waals surface area contributed by atoms with Crippen LogP contribution in [-0.2, 0) is 0 Å². The van der Waals surface area contributed by atoms with Gasteiger partial charge in [0.1, 0.15) is 0 Å². The number of nitrogens with zero attached hydrogens (tertiary/aromatic N) is 2. The molecular formula is C14H17FN4. The van der Waals surface area contributed by atoms with Crippen LogP contribution < -0.4 is 11.1 Å². The van der Waals surface area contributed by atoms with Gasteiger partial charge in [-0.2, -0.15) is 4.98 Å². The summed E-state index contributed by atoms with van der Waals surface area (Å²) in [6.07, 6.45) is 1.07. The van der Waals surface area contributed by atoms with Crippen LogP contribution in [0.15, 0.2) is 24.4 Å². The quantitative estimate of drug-likeness (QED) is 0.888. The van der Waals surface area contributed by atoms with Crippen LogP contribution in [0.5, 0.6) is 0 Å². The van der Waals surface area contributed by atoms with Crippen LogP contribution in [0.3, 0.4) is 0 Å². The minimum Gasteiger partial charge on any atom is -0.368 e. The molecule has 0 saturated carbocycles. The van der Waals surface area contributed by atoms with Gasteiger partial charge in [-0.25, -0.2) is 9.37 Å². The average Bonchev–Trinajstić information content (AvgIpc) is 2.35. The van der Waals surface area contributed by atoms with E-state index in [9.17, 15) is 4.39 Å². The molecule has 0 aliphatic rings. The summed E-state index contributed by atoms with van der Waals surface area (Å²) in [6.45, 7) is 6.14. The molecule has 3 N–H and O–H groups in total. The summed E-state index contributed by atoms with van der Waals surface area (Å²) in [4.78, 5) is 7.50. The van der Waals surface area contributed by atoms with Crippen LogP contribution in [0, 0.1) is 12.7 Å². The first-order chi connectivity index (χ1) is 8.99. The lowest BCUT2D eigenvalue weighted by molar-refractivity contribution is 0.619. The Balaban J connectivity index is 2.46. The average molecular weight is 260 g/mol. The Kier molecular flexibility index (Phi) is 3.64. The summed E-state index contributed by atoms with van der Waals surface area (Å²) in [6, 6.07) is 5.97. The zero-order valence-electron chi connectivity index (χ0n) is 11.2. The maximum atomic E-state index is 13.7. The molecule has 4 nitrogen and oxygen atoms in total. The van der Waals surface area contributed by atoms with Crippen molar-refractivity contribution >= 4 is 17.5 Å². The van der Waals surface area contributed by atoms with Crippen molar-refractivity contribution in [2.45, 2.75) is 26.7 Å². The minimum atomic E-state index is -0.521. The Morgan fingerprint density at radius 2 is 2.05 bits per heavy atom. The molecule has 0 radical (unpaired) electrons. The van der Waals surface area contributed by atoms with E-state index in [-0.39, 0.29) is 11.8 Å². The maximum absolute atomic E-state index is 13.7. The predicted octanol–water partition coefficient (Wildman–Crippen LogP) is 3.37. The van der Waals surface area contributed by atoms with E-state index in [4.69, 9.17) is 5.73 Å². The Morgan fingerprint density at radius 1 is 1.32 bits per heavy atom. The third kappa shape index (κ3) is 2.81. The molecule has 0 aliphatic carbocycles. The van der Waals surface area contributed by atoms with Crippen molar-refractivity contribution < 1.29 is 4.39 Å². The topological polar surface area (TPSA) is 63.8 Å². The number of nitrogen functional groups attached to an aromatic ring is 1. The number of rotatable bonds is 3. The highest BCUT2D eigenvalue weighted by Gasteiger charge is 2.12. The highest BCUT2D eigenvalue weighted by molar-refractivity contribution is 5.66. The number of nitrogens with two attached hydrogens (primary N) is 1. The summed E-state index contributed by atoms with van der Waals surface area (Å²) in [5, 5.41) is 3.03. The van der Waals surface area contributed by atoms with E-state index in [0.717, 1.165) is 23.0 Å². The van der Waals surface area contributed by atoms with Gasteiger partial charge in [-0.15, -0.1) is 0 Å².